The van der Waals surface area contributed by atoms with Crippen LogP contribution in [0.2, 0.25) is 0 Å². The molecule has 1 heterocycles. The van der Waals surface area contributed by atoms with Crippen LogP contribution in [0, 0.1) is 5.92 Å². The van der Waals surface area contributed by atoms with Gasteiger partial charge in [-0.05, 0) is 50.0 Å². The van der Waals surface area contributed by atoms with Gasteiger partial charge in [0.05, 0.1) is 11.2 Å². The van der Waals surface area contributed by atoms with Crippen molar-refractivity contribution in [2.45, 2.75) is 43.9 Å². The Labute approximate surface area is 118 Å². The molecule has 2 atom stereocenters. The van der Waals surface area contributed by atoms with E-state index >= 15 is 0 Å². The topological polar surface area (TPSA) is 25.2 Å². The molecule has 5 rings (SSSR count). The van der Waals surface area contributed by atoms with Crippen molar-refractivity contribution in [3.63, 3.8) is 0 Å². The summed E-state index contributed by atoms with van der Waals surface area (Å²) in [4.78, 5) is 9.89. The molecule has 2 bridgehead atoms. The summed E-state index contributed by atoms with van der Waals surface area (Å²) >= 11 is 0. The molecule has 0 N–H and O–H groups in total. The zero-order valence-corrected chi connectivity index (χ0v) is 11.5. The second-order valence-corrected chi connectivity index (χ2v) is 6.60. The quantitative estimate of drug-likeness (QED) is 0.719. The van der Waals surface area contributed by atoms with E-state index in [9.17, 15) is 0 Å². The summed E-state index contributed by atoms with van der Waals surface area (Å²) in [7, 11) is 0. The van der Waals surface area contributed by atoms with Crippen molar-refractivity contribution in [2.75, 3.05) is 0 Å². The second-order valence-electron chi connectivity index (χ2n) is 6.60. The zero-order chi connectivity index (χ0) is 13.1. The molecule has 1 aromatic carbocycles. The lowest BCUT2D eigenvalue weighted by Crippen LogP contribution is -2.02. The Bertz CT molecular complexity index is 728. The Morgan fingerprint density at radius 2 is 1.90 bits per heavy atom. The Morgan fingerprint density at radius 1 is 1.05 bits per heavy atom. The van der Waals surface area contributed by atoms with Crippen molar-refractivity contribution < 1.29 is 0 Å². The molecule has 2 heteroatoms. The van der Waals surface area contributed by atoms with Gasteiger partial charge in [0, 0.05) is 28.8 Å². The van der Waals surface area contributed by atoms with E-state index < -0.39 is 0 Å². The molecule has 2 saturated carbocycles. The van der Waals surface area contributed by atoms with Crippen molar-refractivity contribution in [3.05, 3.63) is 35.5 Å². The summed E-state index contributed by atoms with van der Waals surface area (Å²) in [6.07, 6.45) is 8.80. The van der Waals surface area contributed by atoms with Crippen LogP contribution in [0.4, 0.5) is 5.69 Å². The summed E-state index contributed by atoms with van der Waals surface area (Å²) in [6, 6.07) is 8.52. The summed E-state index contributed by atoms with van der Waals surface area (Å²) in [5, 5.41) is 1.25. The maximum absolute atomic E-state index is 4.97. The first kappa shape index (κ1) is 11.0. The van der Waals surface area contributed by atoms with Crippen molar-refractivity contribution >= 4 is 22.8 Å². The standard InChI is InChI=1S/C18H18N2/c1-2-4-15-14(3-1)18(19-10-11-5-6-11)16-12-7-8-13(9-12)17(16)20-15/h1-4,10-13H,5-9H2. The minimum Gasteiger partial charge on any atom is -0.260 e. The fourth-order valence-corrected chi connectivity index (χ4v) is 4.00. The molecule has 0 radical (unpaired) electrons. The van der Waals surface area contributed by atoms with Crippen molar-refractivity contribution in [1.29, 1.82) is 0 Å². The number of aromatic nitrogens is 1. The first-order valence-corrected chi connectivity index (χ1v) is 7.87. The Kier molecular flexibility index (Phi) is 2.15. The SMILES string of the molecule is C(=Nc1c2c(nc3ccccc13)C1CCC2C1)C1CC1. The van der Waals surface area contributed by atoms with Crippen LogP contribution in [-0.4, -0.2) is 11.2 Å². The van der Waals surface area contributed by atoms with Crippen LogP contribution in [0.15, 0.2) is 29.3 Å². The van der Waals surface area contributed by atoms with Gasteiger partial charge in [-0.1, -0.05) is 18.2 Å². The highest BCUT2D eigenvalue weighted by Crippen LogP contribution is 2.56. The predicted octanol–water partition coefficient (Wildman–Crippen LogP) is 4.71. The van der Waals surface area contributed by atoms with Gasteiger partial charge in [-0.25, -0.2) is 0 Å². The number of pyridine rings is 1. The molecule has 2 fully saturated rings. The monoisotopic (exact) mass is 262 g/mol. The normalized spacial score (nSPS) is 27.6. The van der Waals surface area contributed by atoms with Crippen LogP contribution in [0.5, 0.6) is 0 Å². The lowest BCUT2D eigenvalue weighted by Gasteiger charge is -2.18. The summed E-state index contributed by atoms with van der Waals surface area (Å²) in [5.41, 5.74) is 5.21. The van der Waals surface area contributed by atoms with Crippen LogP contribution < -0.4 is 0 Å². The lowest BCUT2D eigenvalue weighted by molar-refractivity contribution is 0.701. The van der Waals surface area contributed by atoms with Gasteiger partial charge in [0.1, 0.15) is 0 Å². The molecule has 2 unspecified atom stereocenters. The number of benzene rings is 1. The van der Waals surface area contributed by atoms with Gasteiger partial charge < -0.3 is 0 Å². The highest BCUT2D eigenvalue weighted by molar-refractivity contribution is 5.94. The van der Waals surface area contributed by atoms with E-state index in [4.69, 9.17) is 9.98 Å². The van der Waals surface area contributed by atoms with E-state index in [1.807, 2.05) is 0 Å². The third-order valence-corrected chi connectivity index (χ3v) is 5.20. The number of fused-ring (bicyclic) bond motifs is 6. The maximum Gasteiger partial charge on any atom is 0.0772 e. The molecule has 3 aliphatic carbocycles. The van der Waals surface area contributed by atoms with Gasteiger partial charge in [0.2, 0.25) is 0 Å². The second kappa shape index (κ2) is 3.91. The molecule has 0 saturated heterocycles. The summed E-state index contributed by atoms with van der Waals surface area (Å²) in [6.45, 7) is 0. The first-order chi connectivity index (χ1) is 9.90. The molecule has 20 heavy (non-hydrogen) atoms. The minimum atomic E-state index is 0.703. The molecular formula is C18H18N2. The van der Waals surface area contributed by atoms with Crippen molar-refractivity contribution in [2.24, 2.45) is 10.9 Å². The molecule has 3 aliphatic rings. The van der Waals surface area contributed by atoms with Gasteiger partial charge in [-0.2, -0.15) is 0 Å². The van der Waals surface area contributed by atoms with E-state index in [0.29, 0.717) is 5.92 Å². The Morgan fingerprint density at radius 3 is 2.80 bits per heavy atom. The first-order valence-electron chi connectivity index (χ1n) is 7.87. The fourth-order valence-electron chi connectivity index (χ4n) is 4.00. The van der Waals surface area contributed by atoms with E-state index in [1.54, 1.807) is 0 Å². The third kappa shape index (κ3) is 1.51. The number of aliphatic imine (C=N–C) groups is 1. The average molecular weight is 262 g/mol. The van der Waals surface area contributed by atoms with E-state index in [2.05, 4.69) is 30.5 Å². The van der Waals surface area contributed by atoms with Gasteiger partial charge in [-0.3, -0.25) is 9.98 Å². The Hall–Kier alpha value is -1.70. The maximum atomic E-state index is 4.97. The van der Waals surface area contributed by atoms with Gasteiger partial charge in [0.15, 0.2) is 0 Å². The van der Waals surface area contributed by atoms with E-state index in [1.165, 1.54) is 54.4 Å². The predicted molar refractivity (Wildman–Crippen MR) is 82.0 cm³/mol. The Balaban J connectivity index is 1.79. The summed E-state index contributed by atoms with van der Waals surface area (Å²) in [5.74, 6) is 2.16. The zero-order valence-electron chi connectivity index (χ0n) is 11.5. The number of hydrogen-bond donors (Lipinski definition) is 0. The van der Waals surface area contributed by atoms with Crippen LogP contribution in [-0.2, 0) is 0 Å². The van der Waals surface area contributed by atoms with E-state index in [0.717, 1.165) is 17.4 Å². The smallest absolute Gasteiger partial charge is 0.0772 e. The van der Waals surface area contributed by atoms with Gasteiger partial charge in [0.25, 0.3) is 0 Å². The number of rotatable bonds is 2. The number of hydrogen-bond acceptors (Lipinski definition) is 2. The van der Waals surface area contributed by atoms with E-state index in [-0.39, 0.29) is 0 Å². The molecular weight excluding hydrogens is 244 g/mol. The van der Waals surface area contributed by atoms with Crippen LogP contribution in [0.3, 0.4) is 0 Å². The molecule has 0 spiro atoms. The van der Waals surface area contributed by atoms with Gasteiger partial charge in [-0.15, -0.1) is 0 Å². The number of para-hydroxylation sites is 1. The molecule has 2 aromatic rings. The van der Waals surface area contributed by atoms with Crippen LogP contribution >= 0.6 is 0 Å². The fraction of sp³-hybridized carbons (Fsp3) is 0.444. The van der Waals surface area contributed by atoms with Crippen molar-refractivity contribution in [3.8, 4) is 0 Å². The van der Waals surface area contributed by atoms with Crippen molar-refractivity contribution in [1.82, 2.24) is 4.98 Å². The largest absolute Gasteiger partial charge is 0.260 e. The average Bonchev–Trinajstić information content (AvgIpc) is 3.09. The lowest BCUT2D eigenvalue weighted by atomic mass is 9.92. The molecule has 0 amide bonds. The molecule has 1 aromatic heterocycles. The minimum absolute atomic E-state index is 0.703. The number of nitrogens with zero attached hydrogens (tertiary/aromatic N) is 2. The van der Waals surface area contributed by atoms with Crippen LogP contribution in [0.25, 0.3) is 10.9 Å². The molecule has 0 aliphatic heterocycles. The molecule has 100 valence electrons. The third-order valence-electron chi connectivity index (χ3n) is 5.20. The summed E-state index contributed by atoms with van der Waals surface area (Å²) < 4.78 is 0. The molecule has 2 nitrogen and oxygen atoms in total. The highest BCUT2D eigenvalue weighted by atomic mass is 14.8. The highest BCUT2D eigenvalue weighted by Gasteiger charge is 2.40. The van der Waals surface area contributed by atoms with Crippen LogP contribution in [0.1, 0.15) is 55.2 Å². The van der Waals surface area contributed by atoms with Gasteiger partial charge >= 0.3 is 0 Å².